The van der Waals surface area contributed by atoms with E-state index in [0.29, 0.717) is 6.04 Å². The van der Waals surface area contributed by atoms with Gasteiger partial charge < -0.3 is 15.3 Å². The second-order valence-corrected chi connectivity index (χ2v) is 5.99. The highest BCUT2D eigenvalue weighted by Gasteiger charge is 2.27. The summed E-state index contributed by atoms with van der Waals surface area (Å²) in [5.41, 5.74) is 2.19. The molecule has 2 rings (SSSR count). The minimum Gasteiger partial charge on any atom is -0.391 e. The molecule has 0 aliphatic heterocycles. The lowest BCUT2D eigenvalue weighted by Gasteiger charge is -2.36. The summed E-state index contributed by atoms with van der Waals surface area (Å²) in [7, 11) is 2.07. The Labute approximate surface area is 128 Å². The molecule has 3 atom stereocenters. The molecule has 0 aromatic carbocycles. The molecule has 1 aromatic heterocycles. The number of anilines is 1. The summed E-state index contributed by atoms with van der Waals surface area (Å²) in [6.07, 6.45) is 7.09. The Morgan fingerprint density at radius 3 is 2.67 bits per heavy atom. The fourth-order valence-corrected chi connectivity index (χ4v) is 3.25. The number of nitrogens with one attached hydrogen (secondary N) is 1. The van der Waals surface area contributed by atoms with Gasteiger partial charge in [0.05, 0.1) is 29.7 Å². The van der Waals surface area contributed by atoms with Crippen molar-refractivity contribution in [1.82, 2.24) is 10.3 Å². The van der Waals surface area contributed by atoms with Crippen LogP contribution in [0.2, 0.25) is 0 Å². The molecule has 0 radical (unpaired) electrons. The van der Waals surface area contributed by atoms with Gasteiger partial charge in [-0.2, -0.15) is 0 Å². The molecule has 1 heterocycles. The lowest BCUT2D eigenvalue weighted by Crippen LogP contribution is -2.43. The van der Waals surface area contributed by atoms with Gasteiger partial charge in [-0.25, -0.2) is 0 Å². The van der Waals surface area contributed by atoms with Crippen LogP contribution in [0.3, 0.4) is 0 Å². The van der Waals surface area contributed by atoms with E-state index in [0.717, 1.165) is 43.6 Å². The van der Waals surface area contributed by atoms with Crippen LogP contribution in [0.25, 0.3) is 0 Å². The number of likely N-dealkylation sites (N-methyl/N-ethyl adjacent to an activating group) is 1. The van der Waals surface area contributed by atoms with Crippen LogP contribution in [0, 0.1) is 0 Å². The van der Waals surface area contributed by atoms with Crippen LogP contribution < -0.4 is 10.2 Å². The van der Waals surface area contributed by atoms with E-state index in [9.17, 15) is 5.11 Å². The van der Waals surface area contributed by atoms with Gasteiger partial charge in [-0.1, -0.05) is 26.7 Å². The average molecular weight is 291 g/mol. The van der Waals surface area contributed by atoms with Crippen molar-refractivity contribution in [1.29, 1.82) is 0 Å². The van der Waals surface area contributed by atoms with Crippen molar-refractivity contribution < 1.29 is 5.11 Å². The molecule has 4 heteroatoms. The molecule has 0 spiro atoms. The Kier molecular flexibility index (Phi) is 6.00. The number of pyridine rings is 1. The maximum atomic E-state index is 10.2. The van der Waals surface area contributed by atoms with Crippen LogP contribution in [0.4, 0.5) is 5.69 Å². The number of rotatable bonds is 6. The molecule has 1 aliphatic carbocycles. The van der Waals surface area contributed by atoms with Crippen molar-refractivity contribution in [2.45, 2.75) is 64.1 Å². The molecule has 1 fully saturated rings. The van der Waals surface area contributed by atoms with Gasteiger partial charge in [-0.3, -0.25) is 4.98 Å². The largest absolute Gasteiger partial charge is 0.391 e. The molecule has 2 N–H and O–H groups in total. The number of hydrogen-bond acceptors (Lipinski definition) is 4. The summed E-state index contributed by atoms with van der Waals surface area (Å²) in [4.78, 5) is 6.81. The first-order valence-electron chi connectivity index (χ1n) is 8.27. The molecule has 1 saturated carbocycles. The van der Waals surface area contributed by atoms with Gasteiger partial charge in [-0.05, 0) is 37.9 Å². The van der Waals surface area contributed by atoms with Crippen molar-refractivity contribution in [3.63, 3.8) is 0 Å². The van der Waals surface area contributed by atoms with E-state index in [1.807, 2.05) is 6.20 Å². The van der Waals surface area contributed by atoms with Crippen molar-refractivity contribution in [2.75, 3.05) is 18.5 Å². The molecule has 21 heavy (non-hydrogen) atoms. The van der Waals surface area contributed by atoms with E-state index in [2.05, 4.69) is 48.2 Å². The van der Waals surface area contributed by atoms with Gasteiger partial charge in [0.1, 0.15) is 0 Å². The SMILES string of the molecule is CCNC(CC)c1ccc(N(C)C2CCCCC2O)cn1. The molecular weight excluding hydrogens is 262 g/mol. The van der Waals surface area contributed by atoms with Crippen LogP contribution in [0.15, 0.2) is 18.3 Å². The lowest BCUT2D eigenvalue weighted by atomic mass is 9.91. The zero-order valence-corrected chi connectivity index (χ0v) is 13.5. The Hall–Kier alpha value is -1.13. The highest BCUT2D eigenvalue weighted by Crippen LogP contribution is 2.27. The van der Waals surface area contributed by atoms with E-state index in [1.54, 1.807) is 0 Å². The van der Waals surface area contributed by atoms with E-state index in [4.69, 9.17) is 0 Å². The maximum absolute atomic E-state index is 10.2. The zero-order valence-electron chi connectivity index (χ0n) is 13.5. The summed E-state index contributed by atoms with van der Waals surface area (Å²) in [5, 5.41) is 13.6. The van der Waals surface area contributed by atoms with Crippen molar-refractivity contribution in [3.8, 4) is 0 Å². The van der Waals surface area contributed by atoms with Crippen LogP contribution in [0.1, 0.15) is 57.7 Å². The molecule has 3 unspecified atom stereocenters. The lowest BCUT2D eigenvalue weighted by molar-refractivity contribution is 0.106. The first kappa shape index (κ1) is 16.2. The highest BCUT2D eigenvalue weighted by atomic mass is 16.3. The molecule has 0 amide bonds. The van der Waals surface area contributed by atoms with Gasteiger partial charge in [-0.15, -0.1) is 0 Å². The Morgan fingerprint density at radius 1 is 1.33 bits per heavy atom. The topological polar surface area (TPSA) is 48.4 Å². The van der Waals surface area contributed by atoms with E-state index < -0.39 is 0 Å². The summed E-state index contributed by atoms with van der Waals surface area (Å²) in [6, 6.07) is 4.79. The minimum atomic E-state index is -0.214. The van der Waals surface area contributed by atoms with Gasteiger partial charge >= 0.3 is 0 Å². The molecule has 0 saturated heterocycles. The summed E-state index contributed by atoms with van der Waals surface area (Å²) < 4.78 is 0. The second kappa shape index (κ2) is 7.76. The first-order chi connectivity index (χ1) is 10.2. The van der Waals surface area contributed by atoms with Crippen LogP contribution in [-0.4, -0.2) is 35.8 Å². The standard InChI is InChI=1S/C17H29N3O/c1-4-14(18-5-2)15-11-10-13(12-19-15)20(3)16-8-6-7-9-17(16)21/h10-12,14,16-18,21H,4-9H2,1-3H3. The van der Waals surface area contributed by atoms with Gasteiger partial charge in [0.25, 0.3) is 0 Å². The quantitative estimate of drug-likeness (QED) is 0.846. The number of aromatic nitrogens is 1. The monoisotopic (exact) mass is 291 g/mol. The summed E-state index contributed by atoms with van der Waals surface area (Å²) in [6.45, 7) is 5.25. The number of hydrogen-bond donors (Lipinski definition) is 2. The Bertz CT molecular complexity index is 421. The molecule has 1 aliphatic rings. The third-order valence-electron chi connectivity index (χ3n) is 4.59. The smallest absolute Gasteiger partial charge is 0.0743 e. The van der Waals surface area contributed by atoms with E-state index in [-0.39, 0.29) is 12.1 Å². The van der Waals surface area contributed by atoms with Gasteiger partial charge in [0.15, 0.2) is 0 Å². The normalized spacial score (nSPS) is 23.8. The third kappa shape index (κ3) is 3.95. The minimum absolute atomic E-state index is 0.214. The predicted octanol–water partition coefficient (Wildman–Crippen LogP) is 2.88. The van der Waals surface area contributed by atoms with E-state index in [1.165, 1.54) is 6.42 Å². The highest BCUT2D eigenvalue weighted by molar-refractivity contribution is 5.45. The zero-order chi connectivity index (χ0) is 15.2. The van der Waals surface area contributed by atoms with Gasteiger partial charge in [0, 0.05) is 13.1 Å². The average Bonchev–Trinajstić information content (AvgIpc) is 2.52. The Morgan fingerprint density at radius 2 is 2.10 bits per heavy atom. The summed E-state index contributed by atoms with van der Waals surface area (Å²) in [5.74, 6) is 0. The number of nitrogens with zero attached hydrogens (tertiary/aromatic N) is 2. The van der Waals surface area contributed by atoms with Crippen LogP contribution in [-0.2, 0) is 0 Å². The molecular formula is C17H29N3O. The van der Waals surface area contributed by atoms with Crippen molar-refractivity contribution in [2.24, 2.45) is 0 Å². The van der Waals surface area contributed by atoms with Crippen molar-refractivity contribution in [3.05, 3.63) is 24.0 Å². The molecule has 118 valence electrons. The summed E-state index contributed by atoms with van der Waals surface area (Å²) >= 11 is 0. The molecule has 0 bridgehead atoms. The first-order valence-corrected chi connectivity index (χ1v) is 8.27. The maximum Gasteiger partial charge on any atom is 0.0743 e. The molecule has 4 nitrogen and oxygen atoms in total. The number of aliphatic hydroxyl groups excluding tert-OH is 1. The number of aliphatic hydroxyl groups is 1. The van der Waals surface area contributed by atoms with E-state index >= 15 is 0 Å². The fraction of sp³-hybridized carbons (Fsp3) is 0.706. The van der Waals surface area contributed by atoms with Crippen molar-refractivity contribution >= 4 is 5.69 Å². The van der Waals surface area contributed by atoms with Crippen LogP contribution in [0.5, 0.6) is 0 Å². The fourth-order valence-electron chi connectivity index (χ4n) is 3.25. The Balaban J connectivity index is 2.07. The predicted molar refractivity (Wildman–Crippen MR) is 87.6 cm³/mol. The van der Waals surface area contributed by atoms with Gasteiger partial charge in [0.2, 0.25) is 0 Å². The second-order valence-electron chi connectivity index (χ2n) is 5.99. The molecule has 1 aromatic rings. The van der Waals surface area contributed by atoms with Crippen LogP contribution >= 0.6 is 0 Å². The third-order valence-corrected chi connectivity index (χ3v) is 4.59.